The molecule has 0 spiro atoms. The van der Waals surface area contributed by atoms with E-state index >= 15 is 0 Å². The van der Waals surface area contributed by atoms with Crippen LogP contribution in [-0.2, 0) is 6.54 Å². The number of ether oxygens (including phenoxy) is 2. The molecule has 1 heterocycles. The van der Waals surface area contributed by atoms with Crippen molar-refractivity contribution in [2.24, 2.45) is 0 Å². The Morgan fingerprint density at radius 2 is 2.00 bits per heavy atom. The smallest absolute Gasteiger partial charge is 0.387 e. The minimum atomic E-state index is -3.01. The summed E-state index contributed by atoms with van der Waals surface area (Å²) in [6.45, 7) is 2.95. The Bertz CT molecular complexity index is 1090. The fourth-order valence-electron chi connectivity index (χ4n) is 2.99. The number of carbonyl (C=O) groups is 1. The number of allylic oxidation sites excluding steroid dienone is 1. The number of hydrogen-bond donors (Lipinski definition) is 0. The number of methoxy groups -OCH3 is 1. The van der Waals surface area contributed by atoms with Crippen molar-refractivity contribution in [1.82, 2.24) is 14.8 Å². The van der Waals surface area contributed by atoms with E-state index in [1.165, 1.54) is 12.1 Å². The van der Waals surface area contributed by atoms with Crippen LogP contribution in [0.2, 0.25) is 0 Å². The minimum Gasteiger partial charge on any atom is -0.496 e. The molecule has 31 heavy (non-hydrogen) atoms. The summed E-state index contributed by atoms with van der Waals surface area (Å²) in [7, 11) is 1.57. The molecule has 3 rings (SSSR count). The molecule has 0 N–H and O–H groups in total. The summed E-state index contributed by atoms with van der Waals surface area (Å²) < 4.78 is 37.1. The van der Waals surface area contributed by atoms with E-state index < -0.39 is 6.61 Å². The molecule has 0 aliphatic heterocycles. The maximum Gasteiger partial charge on any atom is 0.387 e. The van der Waals surface area contributed by atoms with Crippen LogP contribution in [0, 0.1) is 6.92 Å². The third-order valence-electron chi connectivity index (χ3n) is 4.36. The molecule has 162 valence electrons. The van der Waals surface area contributed by atoms with E-state index in [9.17, 15) is 13.6 Å². The van der Waals surface area contributed by atoms with E-state index in [4.69, 9.17) is 4.74 Å². The van der Waals surface area contributed by atoms with Crippen LogP contribution in [-0.4, -0.2) is 40.0 Å². The molecule has 0 radical (unpaired) electrons. The molecule has 0 atom stereocenters. The highest BCUT2D eigenvalue weighted by Gasteiger charge is 2.20. The molecule has 9 heteroatoms. The standard InChI is InChI=1S/C22H21F2N3O3S/c1-4-11-27-20(15-7-5-6-8-18(15)29-3)25-26-22(27)31-13-17(28)16-12-14(2)9-10-19(16)30-21(23)24/h4-10,12,21H,1,11,13H2,2-3H3. The summed E-state index contributed by atoms with van der Waals surface area (Å²) >= 11 is 1.16. The van der Waals surface area contributed by atoms with Gasteiger partial charge in [0, 0.05) is 6.54 Å². The van der Waals surface area contributed by atoms with Gasteiger partial charge >= 0.3 is 6.61 Å². The van der Waals surface area contributed by atoms with E-state index in [1.54, 1.807) is 26.2 Å². The Labute approximate surface area is 182 Å². The summed E-state index contributed by atoms with van der Waals surface area (Å²) in [5.74, 6) is 0.695. The number of alkyl halides is 2. The number of benzene rings is 2. The summed E-state index contributed by atoms with van der Waals surface area (Å²) in [5.41, 5.74) is 1.62. The van der Waals surface area contributed by atoms with Crippen LogP contribution >= 0.6 is 11.8 Å². The third kappa shape index (κ3) is 5.29. The van der Waals surface area contributed by atoms with Gasteiger partial charge in [0.15, 0.2) is 16.8 Å². The molecule has 0 saturated heterocycles. The molecule has 0 saturated carbocycles. The van der Waals surface area contributed by atoms with Gasteiger partial charge in [-0.05, 0) is 31.2 Å². The van der Waals surface area contributed by atoms with Gasteiger partial charge in [-0.3, -0.25) is 9.36 Å². The second-order valence-corrected chi connectivity index (χ2v) is 7.44. The highest BCUT2D eigenvalue weighted by molar-refractivity contribution is 7.99. The first kappa shape index (κ1) is 22.5. The summed E-state index contributed by atoms with van der Waals surface area (Å²) in [5, 5.41) is 8.97. The second kappa shape index (κ2) is 10.2. The van der Waals surface area contributed by atoms with Gasteiger partial charge in [-0.15, -0.1) is 16.8 Å². The lowest BCUT2D eigenvalue weighted by Crippen LogP contribution is -2.10. The molecule has 1 aromatic heterocycles. The first-order chi connectivity index (χ1) is 14.9. The summed E-state index contributed by atoms with van der Waals surface area (Å²) in [6, 6.07) is 11.9. The number of ketones is 1. The predicted octanol–water partition coefficient (Wildman–Crippen LogP) is 5.02. The summed E-state index contributed by atoms with van der Waals surface area (Å²) in [4.78, 5) is 12.8. The summed E-state index contributed by atoms with van der Waals surface area (Å²) in [6.07, 6.45) is 1.70. The van der Waals surface area contributed by atoms with Crippen LogP contribution in [0.4, 0.5) is 8.78 Å². The molecular weight excluding hydrogens is 424 g/mol. The van der Waals surface area contributed by atoms with Gasteiger partial charge in [-0.2, -0.15) is 8.78 Å². The number of halogens is 2. The minimum absolute atomic E-state index is 0.0236. The lowest BCUT2D eigenvalue weighted by atomic mass is 10.1. The average molecular weight is 445 g/mol. The van der Waals surface area contributed by atoms with Crippen LogP contribution in [0.25, 0.3) is 11.4 Å². The van der Waals surface area contributed by atoms with Gasteiger partial charge in [0.1, 0.15) is 11.5 Å². The molecule has 0 amide bonds. The van der Waals surface area contributed by atoms with E-state index in [2.05, 4.69) is 21.5 Å². The van der Waals surface area contributed by atoms with Gasteiger partial charge < -0.3 is 9.47 Å². The van der Waals surface area contributed by atoms with Crippen LogP contribution in [0.5, 0.6) is 11.5 Å². The Morgan fingerprint density at radius 1 is 1.23 bits per heavy atom. The van der Waals surface area contributed by atoms with Crippen molar-refractivity contribution < 1.29 is 23.0 Å². The van der Waals surface area contributed by atoms with Gasteiger partial charge in [0.25, 0.3) is 0 Å². The van der Waals surface area contributed by atoms with Gasteiger partial charge in [-0.1, -0.05) is 41.6 Å². The number of rotatable bonds is 10. The van der Waals surface area contributed by atoms with E-state index in [-0.39, 0.29) is 22.8 Å². The number of hydrogen-bond acceptors (Lipinski definition) is 6. The lowest BCUT2D eigenvalue weighted by Gasteiger charge is -2.12. The molecule has 3 aromatic rings. The average Bonchev–Trinajstić information content (AvgIpc) is 3.15. The molecule has 0 bridgehead atoms. The normalized spacial score (nSPS) is 10.9. The lowest BCUT2D eigenvalue weighted by molar-refractivity contribution is -0.0501. The number of carbonyl (C=O) groups excluding carboxylic acids is 1. The van der Waals surface area contributed by atoms with Crippen molar-refractivity contribution in [3.8, 4) is 22.9 Å². The van der Waals surface area contributed by atoms with Gasteiger partial charge in [0.2, 0.25) is 0 Å². The first-order valence-corrected chi connectivity index (χ1v) is 10.3. The van der Waals surface area contributed by atoms with Crippen molar-refractivity contribution in [2.75, 3.05) is 12.9 Å². The SMILES string of the molecule is C=CCn1c(SCC(=O)c2cc(C)ccc2OC(F)F)nnc1-c1ccccc1OC. The maximum atomic E-state index is 12.8. The van der Waals surface area contributed by atoms with Crippen molar-refractivity contribution >= 4 is 17.5 Å². The molecule has 0 aliphatic rings. The fraction of sp³-hybridized carbons (Fsp3) is 0.227. The Morgan fingerprint density at radius 3 is 2.71 bits per heavy atom. The predicted molar refractivity (Wildman–Crippen MR) is 115 cm³/mol. The Kier molecular flexibility index (Phi) is 7.41. The topological polar surface area (TPSA) is 66.2 Å². The van der Waals surface area contributed by atoms with Crippen molar-refractivity contribution in [1.29, 1.82) is 0 Å². The maximum absolute atomic E-state index is 12.8. The van der Waals surface area contributed by atoms with E-state index in [1.807, 2.05) is 28.8 Å². The third-order valence-corrected chi connectivity index (χ3v) is 5.33. The Hall–Kier alpha value is -3.20. The quantitative estimate of drug-likeness (QED) is 0.248. The number of Topliss-reactive ketones (excluding diaryl/α,β-unsaturated/α-hetero) is 1. The number of thioether (sulfide) groups is 1. The zero-order valence-electron chi connectivity index (χ0n) is 17.0. The zero-order chi connectivity index (χ0) is 22.4. The van der Waals surface area contributed by atoms with E-state index in [0.717, 1.165) is 22.9 Å². The molecule has 2 aromatic carbocycles. The fourth-order valence-corrected chi connectivity index (χ4v) is 3.82. The number of para-hydroxylation sites is 1. The molecule has 0 fully saturated rings. The van der Waals surface area contributed by atoms with Crippen LogP contribution in [0.1, 0.15) is 15.9 Å². The van der Waals surface area contributed by atoms with Crippen molar-refractivity contribution in [3.63, 3.8) is 0 Å². The van der Waals surface area contributed by atoms with Crippen LogP contribution in [0.15, 0.2) is 60.3 Å². The molecule has 0 aliphatic carbocycles. The molecule has 0 unspecified atom stereocenters. The first-order valence-electron chi connectivity index (χ1n) is 9.33. The van der Waals surface area contributed by atoms with Crippen LogP contribution < -0.4 is 9.47 Å². The second-order valence-electron chi connectivity index (χ2n) is 6.50. The van der Waals surface area contributed by atoms with Gasteiger partial charge in [-0.25, -0.2) is 0 Å². The van der Waals surface area contributed by atoms with Crippen molar-refractivity contribution in [3.05, 3.63) is 66.2 Å². The zero-order valence-corrected chi connectivity index (χ0v) is 17.9. The Balaban J connectivity index is 1.86. The van der Waals surface area contributed by atoms with E-state index in [0.29, 0.717) is 23.3 Å². The molecular formula is C22H21F2N3O3S. The number of aromatic nitrogens is 3. The van der Waals surface area contributed by atoms with Gasteiger partial charge in [0.05, 0.1) is 24.0 Å². The van der Waals surface area contributed by atoms with Crippen molar-refractivity contribution in [2.45, 2.75) is 25.2 Å². The van der Waals surface area contributed by atoms with Crippen LogP contribution in [0.3, 0.4) is 0 Å². The highest BCUT2D eigenvalue weighted by atomic mass is 32.2. The number of aryl methyl sites for hydroxylation is 1. The monoisotopic (exact) mass is 445 g/mol. The number of nitrogens with zero attached hydrogens (tertiary/aromatic N) is 3. The highest BCUT2D eigenvalue weighted by Crippen LogP contribution is 2.31. The molecule has 6 nitrogen and oxygen atoms in total. The largest absolute Gasteiger partial charge is 0.496 e.